The van der Waals surface area contributed by atoms with Gasteiger partial charge in [-0.15, -0.1) is 9.24 Å². The fourth-order valence-electron chi connectivity index (χ4n) is 2.81. The number of hydrogen-bond donors (Lipinski definition) is 2. The fourth-order valence-corrected chi connectivity index (χ4v) is 3.04. The molecule has 2 N–H and O–H groups in total. The molecule has 27 heavy (non-hydrogen) atoms. The summed E-state index contributed by atoms with van der Waals surface area (Å²) in [7, 11) is 3.71. The highest BCUT2D eigenvalue weighted by Gasteiger charge is 2.39. The molecule has 1 saturated heterocycles. The maximum Gasteiger partial charge on any atom is 0.295 e. The number of aliphatic hydroxyl groups excluding tert-OH is 1. The van der Waals surface area contributed by atoms with Gasteiger partial charge in [-0.05, 0) is 6.92 Å². The van der Waals surface area contributed by atoms with Crippen LogP contribution in [-0.2, 0) is 38.1 Å². The minimum absolute atomic E-state index is 0.151. The number of nitrogens with one attached hydrogen (secondary N) is 1. The standard InChI is InChI=1S/C16H28NO9P/c1-9-15(17-10(2)21)12(4-11(5-18)24-9)25-14(7-27)26-16(23-8-20)13(6-19)22-3/h6,8-9,11-16,18H,4-5,7,27H2,1-3H3,(H,17,21)/t9-,11?,12?,13?,14+,15+,16?/m0/s1. The van der Waals surface area contributed by atoms with Crippen molar-refractivity contribution in [3.8, 4) is 0 Å². The number of ether oxygens (including phenoxy) is 5. The highest BCUT2D eigenvalue weighted by molar-refractivity contribution is 7.16. The number of aliphatic hydroxyl groups is 1. The smallest absolute Gasteiger partial charge is 0.295 e. The van der Waals surface area contributed by atoms with Crippen LogP contribution in [0, 0.1) is 0 Å². The summed E-state index contributed by atoms with van der Waals surface area (Å²) in [4.78, 5) is 33.3. The molecule has 0 spiro atoms. The van der Waals surface area contributed by atoms with Crippen molar-refractivity contribution in [2.45, 2.75) is 63.3 Å². The Kier molecular flexibility index (Phi) is 10.9. The van der Waals surface area contributed by atoms with Gasteiger partial charge < -0.3 is 38.9 Å². The molecule has 1 aliphatic rings. The van der Waals surface area contributed by atoms with Crippen LogP contribution in [0.5, 0.6) is 0 Å². The summed E-state index contributed by atoms with van der Waals surface area (Å²) in [5, 5.41) is 12.2. The summed E-state index contributed by atoms with van der Waals surface area (Å²) >= 11 is 0. The van der Waals surface area contributed by atoms with Crippen molar-refractivity contribution in [1.82, 2.24) is 5.32 Å². The number of rotatable bonds is 12. The zero-order valence-electron chi connectivity index (χ0n) is 15.6. The van der Waals surface area contributed by atoms with Crippen molar-refractivity contribution in [3.05, 3.63) is 0 Å². The third kappa shape index (κ3) is 7.40. The van der Waals surface area contributed by atoms with E-state index in [1.54, 1.807) is 6.92 Å². The first-order chi connectivity index (χ1) is 12.9. The zero-order chi connectivity index (χ0) is 20.4. The molecule has 1 fully saturated rings. The molecule has 0 aromatic rings. The molecule has 1 amide bonds. The Morgan fingerprint density at radius 1 is 1.44 bits per heavy atom. The second-order valence-corrected chi connectivity index (χ2v) is 6.49. The van der Waals surface area contributed by atoms with Gasteiger partial charge in [0, 0.05) is 26.6 Å². The van der Waals surface area contributed by atoms with Gasteiger partial charge in [-0.2, -0.15) is 0 Å². The van der Waals surface area contributed by atoms with E-state index in [9.17, 15) is 19.5 Å². The molecule has 0 saturated carbocycles. The molecule has 156 valence electrons. The average molecular weight is 409 g/mol. The maximum absolute atomic E-state index is 11.5. The maximum atomic E-state index is 11.5. The van der Waals surface area contributed by atoms with Crippen LogP contribution in [0.3, 0.4) is 0 Å². The molecule has 0 bridgehead atoms. The predicted molar refractivity (Wildman–Crippen MR) is 95.8 cm³/mol. The second kappa shape index (κ2) is 12.3. The summed E-state index contributed by atoms with van der Waals surface area (Å²) in [6.45, 7) is 3.10. The van der Waals surface area contributed by atoms with Gasteiger partial charge in [0.15, 0.2) is 18.7 Å². The SMILES string of the molecule is COC(C=O)C(OC=O)O[C@H](CP)OC1CC(CO)O[C@@H](C)[C@H]1NC(C)=O. The van der Waals surface area contributed by atoms with Crippen LogP contribution in [-0.4, -0.2) is 86.7 Å². The van der Waals surface area contributed by atoms with Crippen LogP contribution in [0.15, 0.2) is 0 Å². The normalized spacial score (nSPS) is 28.6. The Balaban J connectivity index is 2.89. The van der Waals surface area contributed by atoms with Crippen molar-refractivity contribution in [2.75, 3.05) is 19.9 Å². The van der Waals surface area contributed by atoms with Gasteiger partial charge in [-0.3, -0.25) is 9.59 Å². The van der Waals surface area contributed by atoms with Gasteiger partial charge in [0.1, 0.15) is 0 Å². The van der Waals surface area contributed by atoms with E-state index < -0.39 is 43.0 Å². The van der Waals surface area contributed by atoms with Crippen molar-refractivity contribution < 1.29 is 43.2 Å². The highest BCUT2D eigenvalue weighted by atomic mass is 31.0. The zero-order valence-corrected chi connectivity index (χ0v) is 16.8. The number of carbonyl (C=O) groups is 3. The molecule has 1 heterocycles. The summed E-state index contributed by atoms with van der Waals surface area (Å²) in [6, 6.07) is -0.470. The van der Waals surface area contributed by atoms with Gasteiger partial charge in [0.2, 0.25) is 12.2 Å². The fraction of sp³-hybridized carbons (Fsp3) is 0.812. The number of amides is 1. The Morgan fingerprint density at radius 2 is 2.15 bits per heavy atom. The minimum Gasteiger partial charge on any atom is -0.434 e. The average Bonchev–Trinajstić information content (AvgIpc) is 2.64. The van der Waals surface area contributed by atoms with E-state index in [0.29, 0.717) is 12.7 Å². The molecular formula is C16H28NO9P. The van der Waals surface area contributed by atoms with Gasteiger partial charge >= 0.3 is 0 Å². The largest absolute Gasteiger partial charge is 0.434 e. The lowest BCUT2D eigenvalue weighted by Gasteiger charge is -2.41. The molecule has 11 heteroatoms. The van der Waals surface area contributed by atoms with Crippen molar-refractivity contribution >= 4 is 27.9 Å². The molecular weight excluding hydrogens is 381 g/mol. The lowest BCUT2D eigenvalue weighted by Crippen LogP contribution is -2.58. The van der Waals surface area contributed by atoms with E-state index in [1.165, 1.54) is 14.0 Å². The first-order valence-corrected chi connectivity index (χ1v) is 9.33. The topological polar surface area (TPSA) is 130 Å². The van der Waals surface area contributed by atoms with E-state index in [4.69, 9.17) is 23.7 Å². The third-order valence-electron chi connectivity index (χ3n) is 4.05. The molecule has 10 nitrogen and oxygen atoms in total. The van der Waals surface area contributed by atoms with Crippen LogP contribution >= 0.6 is 9.24 Å². The van der Waals surface area contributed by atoms with Gasteiger partial charge in [0.25, 0.3) is 6.47 Å². The van der Waals surface area contributed by atoms with Gasteiger partial charge in [-0.1, -0.05) is 0 Å². The van der Waals surface area contributed by atoms with Crippen LogP contribution in [0.25, 0.3) is 0 Å². The summed E-state index contributed by atoms with van der Waals surface area (Å²) < 4.78 is 26.9. The number of carbonyl (C=O) groups excluding carboxylic acids is 3. The lowest BCUT2D eigenvalue weighted by molar-refractivity contribution is -0.273. The van der Waals surface area contributed by atoms with Crippen LogP contribution in [0.1, 0.15) is 20.3 Å². The summed E-state index contributed by atoms with van der Waals surface area (Å²) in [5.41, 5.74) is 0. The lowest BCUT2D eigenvalue weighted by atomic mass is 9.96. The molecule has 0 aromatic carbocycles. The van der Waals surface area contributed by atoms with E-state index in [2.05, 4.69) is 14.6 Å². The Morgan fingerprint density at radius 3 is 2.63 bits per heavy atom. The Labute approximate surface area is 160 Å². The minimum atomic E-state index is -1.29. The van der Waals surface area contributed by atoms with Crippen molar-refractivity contribution in [2.24, 2.45) is 0 Å². The van der Waals surface area contributed by atoms with E-state index in [1.807, 2.05) is 0 Å². The van der Waals surface area contributed by atoms with Crippen LogP contribution in [0.2, 0.25) is 0 Å². The van der Waals surface area contributed by atoms with E-state index >= 15 is 0 Å². The molecule has 5 unspecified atom stereocenters. The number of hydrogen-bond acceptors (Lipinski definition) is 9. The quantitative estimate of drug-likeness (QED) is 0.236. The molecule has 0 aliphatic carbocycles. The highest BCUT2D eigenvalue weighted by Crippen LogP contribution is 2.25. The Hall–Kier alpha value is -1.16. The second-order valence-electron chi connectivity index (χ2n) is 6.02. The number of aldehydes is 1. The van der Waals surface area contributed by atoms with Crippen LogP contribution in [0.4, 0.5) is 0 Å². The monoisotopic (exact) mass is 409 g/mol. The van der Waals surface area contributed by atoms with Gasteiger partial charge in [0.05, 0.1) is 31.0 Å². The third-order valence-corrected chi connectivity index (χ3v) is 4.44. The summed E-state index contributed by atoms with van der Waals surface area (Å²) in [5.74, 6) is -0.252. The van der Waals surface area contributed by atoms with Crippen molar-refractivity contribution in [1.29, 1.82) is 0 Å². The number of methoxy groups -OCH3 is 1. The van der Waals surface area contributed by atoms with E-state index in [-0.39, 0.29) is 25.1 Å². The predicted octanol–water partition coefficient (Wildman–Crippen LogP) is -1.02. The molecule has 0 radical (unpaired) electrons. The first kappa shape index (κ1) is 23.9. The molecule has 1 aliphatic heterocycles. The van der Waals surface area contributed by atoms with Crippen LogP contribution < -0.4 is 5.32 Å². The molecule has 8 atom stereocenters. The van der Waals surface area contributed by atoms with E-state index in [0.717, 1.165) is 0 Å². The van der Waals surface area contributed by atoms with Crippen molar-refractivity contribution in [3.63, 3.8) is 0 Å². The Bertz CT molecular complexity index is 481. The van der Waals surface area contributed by atoms with Gasteiger partial charge in [-0.25, -0.2) is 0 Å². The first-order valence-electron chi connectivity index (χ1n) is 8.51. The molecule has 1 rings (SSSR count). The summed E-state index contributed by atoms with van der Waals surface area (Å²) in [6.07, 6.45) is -3.64. The molecule has 0 aromatic heterocycles.